The minimum atomic E-state index is -0.209. The monoisotopic (exact) mass is 305 g/mol. The number of nitrogens with one attached hydrogen (secondary N) is 1. The second-order valence-corrected chi connectivity index (χ2v) is 4.75. The van der Waals surface area contributed by atoms with Gasteiger partial charge in [-0.25, -0.2) is 0 Å². The summed E-state index contributed by atoms with van der Waals surface area (Å²) in [6.45, 7) is 0.333. The number of rotatable bonds is 5. The van der Waals surface area contributed by atoms with Crippen molar-refractivity contribution >= 4 is 17.5 Å². The Morgan fingerprint density at radius 1 is 1.14 bits per heavy atom. The molecule has 0 saturated carbocycles. The molecule has 0 aliphatic rings. The average Bonchev–Trinajstić information content (AvgIpc) is 2.53. The first kappa shape index (κ1) is 15.2. The van der Waals surface area contributed by atoms with Crippen LogP contribution in [0.15, 0.2) is 42.5 Å². The summed E-state index contributed by atoms with van der Waals surface area (Å²) in [5, 5.41) is 3.37. The van der Waals surface area contributed by atoms with Crippen molar-refractivity contribution in [2.24, 2.45) is 0 Å². The molecule has 0 spiro atoms. The van der Waals surface area contributed by atoms with Gasteiger partial charge in [-0.15, -0.1) is 0 Å². The van der Waals surface area contributed by atoms with Crippen LogP contribution in [0, 0.1) is 0 Å². The van der Waals surface area contributed by atoms with Crippen LogP contribution in [0.2, 0.25) is 5.02 Å². The Morgan fingerprint density at radius 2 is 1.90 bits per heavy atom. The Labute approximate surface area is 128 Å². The smallest absolute Gasteiger partial charge is 0.255 e. The molecule has 0 radical (unpaired) electrons. The number of halogens is 1. The lowest BCUT2D eigenvalue weighted by molar-refractivity contribution is 0.0948. The molecule has 110 valence electrons. The fourth-order valence-corrected chi connectivity index (χ4v) is 2.14. The molecule has 0 atom stereocenters. The van der Waals surface area contributed by atoms with Gasteiger partial charge in [-0.05, 0) is 29.8 Å². The van der Waals surface area contributed by atoms with Crippen LogP contribution >= 0.6 is 11.6 Å². The average molecular weight is 306 g/mol. The van der Waals surface area contributed by atoms with Crippen molar-refractivity contribution in [3.8, 4) is 11.5 Å². The first-order valence-electron chi connectivity index (χ1n) is 6.39. The van der Waals surface area contributed by atoms with Crippen LogP contribution < -0.4 is 14.8 Å². The molecule has 1 amide bonds. The minimum absolute atomic E-state index is 0.209. The van der Waals surface area contributed by atoms with Gasteiger partial charge in [0.1, 0.15) is 11.5 Å². The molecule has 0 bridgehead atoms. The van der Waals surface area contributed by atoms with Gasteiger partial charge in [0, 0.05) is 11.6 Å². The molecule has 1 N–H and O–H groups in total. The Balaban J connectivity index is 2.07. The summed E-state index contributed by atoms with van der Waals surface area (Å²) in [6.07, 6.45) is 0. The van der Waals surface area contributed by atoms with Crippen molar-refractivity contribution in [3.63, 3.8) is 0 Å². The molecular formula is C16H16ClNO3. The summed E-state index contributed by atoms with van der Waals surface area (Å²) in [5.41, 5.74) is 1.31. The summed E-state index contributed by atoms with van der Waals surface area (Å²) in [5.74, 6) is 1.01. The highest BCUT2D eigenvalue weighted by molar-refractivity contribution is 6.31. The zero-order chi connectivity index (χ0) is 15.2. The fraction of sp³-hybridized carbons (Fsp3) is 0.188. The quantitative estimate of drug-likeness (QED) is 0.922. The maximum Gasteiger partial charge on any atom is 0.255 e. The van der Waals surface area contributed by atoms with E-state index >= 15 is 0 Å². The van der Waals surface area contributed by atoms with E-state index in [4.69, 9.17) is 21.1 Å². The zero-order valence-corrected chi connectivity index (χ0v) is 12.6. The molecule has 0 saturated heterocycles. The minimum Gasteiger partial charge on any atom is -0.497 e. The fourth-order valence-electron chi connectivity index (χ4n) is 1.90. The Kier molecular flexibility index (Phi) is 5.06. The van der Waals surface area contributed by atoms with E-state index in [0.29, 0.717) is 28.6 Å². The van der Waals surface area contributed by atoms with Gasteiger partial charge in [0.25, 0.3) is 5.91 Å². The second kappa shape index (κ2) is 6.99. The van der Waals surface area contributed by atoms with E-state index < -0.39 is 0 Å². The summed E-state index contributed by atoms with van der Waals surface area (Å²) in [4.78, 5) is 12.2. The maximum atomic E-state index is 12.2. The molecule has 0 aliphatic heterocycles. The first-order chi connectivity index (χ1) is 10.2. The predicted molar refractivity (Wildman–Crippen MR) is 82.2 cm³/mol. The van der Waals surface area contributed by atoms with Crippen LogP contribution in [-0.2, 0) is 6.54 Å². The summed E-state index contributed by atoms with van der Waals surface area (Å²) in [7, 11) is 3.11. The molecular weight excluding hydrogens is 290 g/mol. The molecule has 0 heterocycles. The highest BCUT2D eigenvalue weighted by Crippen LogP contribution is 2.22. The number of ether oxygens (including phenoxy) is 2. The van der Waals surface area contributed by atoms with Crippen LogP contribution in [0.1, 0.15) is 15.9 Å². The van der Waals surface area contributed by atoms with Gasteiger partial charge in [0.05, 0.1) is 19.8 Å². The SMILES string of the molecule is COc1ccc(CNC(=O)c2ccccc2OC)c(Cl)c1. The van der Waals surface area contributed by atoms with E-state index in [1.807, 2.05) is 12.1 Å². The standard InChI is InChI=1S/C16H16ClNO3/c1-20-12-8-7-11(14(17)9-12)10-18-16(19)13-5-3-4-6-15(13)21-2/h3-9H,10H2,1-2H3,(H,18,19). The van der Waals surface area contributed by atoms with E-state index in [1.54, 1.807) is 37.4 Å². The van der Waals surface area contributed by atoms with E-state index in [-0.39, 0.29) is 5.91 Å². The van der Waals surface area contributed by atoms with Crippen molar-refractivity contribution in [2.75, 3.05) is 14.2 Å². The van der Waals surface area contributed by atoms with Crippen LogP contribution in [0.5, 0.6) is 11.5 Å². The molecule has 5 heteroatoms. The number of benzene rings is 2. The summed E-state index contributed by atoms with van der Waals surface area (Å²) in [6, 6.07) is 12.4. The van der Waals surface area contributed by atoms with Crippen LogP contribution in [0.25, 0.3) is 0 Å². The van der Waals surface area contributed by atoms with Gasteiger partial charge in [-0.3, -0.25) is 4.79 Å². The number of methoxy groups -OCH3 is 2. The van der Waals surface area contributed by atoms with Crippen molar-refractivity contribution in [1.29, 1.82) is 0 Å². The molecule has 2 aromatic carbocycles. The Morgan fingerprint density at radius 3 is 2.57 bits per heavy atom. The molecule has 21 heavy (non-hydrogen) atoms. The van der Waals surface area contributed by atoms with Gasteiger partial charge < -0.3 is 14.8 Å². The lowest BCUT2D eigenvalue weighted by Gasteiger charge is -2.10. The van der Waals surface area contributed by atoms with Crippen molar-refractivity contribution in [2.45, 2.75) is 6.54 Å². The van der Waals surface area contributed by atoms with E-state index in [9.17, 15) is 4.79 Å². The van der Waals surface area contributed by atoms with Gasteiger partial charge in [-0.1, -0.05) is 29.8 Å². The largest absolute Gasteiger partial charge is 0.497 e. The summed E-state index contributed by atoms with van der Waals surface area (Å²) >= 11 is 6.14. The molecule has 4 nitrogen and oxygen atoms in total. The van der Waals surface area contributed by atoms with E-state index in [0.717, 1.165) is 5.56 Å². The lowest BCUT2D eigenvalue weighted by atomic mass is 10.1. The van der Waals surface area contributed by atoms with Gasteiger partial charge in [0.2, 0.25) is 0 Å². The number of hydrogen-bond acceptors (Lipinski definition) is 3. The summed E-state index contributed by atoms with van der Waals surface area (Å²) < 4.78 is 10.3. The highest BCUT2D eigenvalue weighted by Gasteiger charge is 2.11. The topological polar surface area (TPSA) is 47.6 Å². The number of carbonyl (C=O) groups is 1. The maximum absolute atomic E-state index is 12.2. The molecule has 2 aromatic rings. The first-order valence-corrected chi connectivity index (χ1v) is 6.77. The molecule has 0 aliphatic carbocycles. The van der Waals surface area contributed by atoms with Crippen LogP contribution in [0.3, 0.4) is 0 Å². The number of para-hydroxylation sites is 1. The third-order valence-electron chi connectivity index (χ3n) is 3.05. The van der Waals surface area contributed by atoms with Crippen molar-refractivity contribution in [1.82, 2.24) is 5.32 Å². The zero-order valence-electron chi connectivity index (χ0n) is 11.9. The highest BCUT2D eigenvalue weighted by atomic mass is 35.5. The number of hydrogen-bond donors (Lipinski definition) is 1. The van der Waals surface area contributed by atoms with Crippen LogP contribution in [0.4, 0.5) is 0 Å². The Bertz CT molecular complexity index is 643. The third-order valence-corrected chi connectivity index (χ3v) is 3.40. The normalized spacial score (nSPS) is 10.0. The molecule has 0 fully saturated rings. The van der Waals surface area contributed by atoms with E-state index in [1.165, 1.54) is 7.11 Å². The van der Waals surface area contributed by atoms with Crippen molar-refractivity contribution in [3.05, 3.63) is 58.6 Å². The van der Waals surface area contributed by atoms with Crippen molar-refractivity contribution < 1.29 is 14.3 Å². The van der Waals surface area contributed by atoms with E-state index in [2.05, 4.69) is 5.32 Å². The number of carbonyl (C=O) groups excluding carboxylic acids is 1. The Hall–Kier alpha value is -2.20. The lowest BCUT2D eigenvalue weighted by Crippen LogP contribution is -2.23. The molecule has 2 rings (SSSR count). The molecule has 0 aromatic heterocycles. The van der Waals surface area contributed by atoms with Gasteiger partial charge in [0.15, 0.2) is 0 Å². The van der Waals surface area contributed by atoms with Gasteiger partial charge >= 0.3 is 0 Å². The second-order valence-electron chi connectivity index (χ2n) is 4.34. The third kappa shape index (κ3) is 3.67. The predicted octanol–water partition coefficient (Wildman–Crippen LogP) is 3.29. The van der Waals surface area contributed by atoms with Crippen LogP contribution in [-0.4, -0.2) is 20.1 Å². The number of amides is 1. The molecule has 0 unspecified atom stereocenters. The van der Waals surface area contributed by atoms with Gasteiger partial charge in [-0.2, -0.15) is 0 Å².